The third-order valence-electron chi connectivity index (χ3n) is 6.07. The lowest BCUT2D eigenvalue weighted by Crippen LogP contribution is -2.45. The molecule has 1 amide bonds. The van der Waals surface area contributed by atoms with E-state index in [0.29, 0.717) is 11.5 Å². The molecule has 3 aromatic carbocycles. The first-order valence-corrected chi connectivity index (χ1v) is 10.1. The number of nitrogens with zero attached hydrogens (tertiary/aromatic N) is 2. The zero-order valence-electron chi connectivity index (χ0n) is 17.4. The van der Waals surface area contributed by atoms with Crippen LogP contribution in [0.15, 0.2) is 65.8 Å². The predicted molar refractivity (Wildman–Crippen MR) is 121 cm³/mol. The number of benzene rings is 3. The smallest absolute Gasteiger partial charge is 0.271 e. The zero-order chi connectivity index (χ0) is 20.6. The van der Waals surface area contributed by atoms with Gasteiger partial charge in [0, 0.05) is 23.8 Å². The zero-order valence-corrected chi connectivity index (χ0v) is 17.4. The van der Waals surface area contributed by atoms with Crippen molar-refractivity contribution in [2.45, 2.75) is 38.6 Å². The van der Waals surface area contributed by atoms with Gasteiger partial charge in [0.1, 0.15) is 0 Å². The number of amides is 1. The molecule has 1 unspecified atom stereocenters. The minimum absolute atomic E-state index is 0.147. The third kappa shape index (κ3) is 3.63. The molecule has 0 spiro atoms. The van der Waals surface area contributed by atoms with Gasteiger partial charge in [0.25, 0.3) is 5.91 Å². The summed E-state index contributed by atoms with van der Waals surface area (Å²) < 4.78 is 0. The third-order valence-corrected chi connectivity index (χ3v) is 6.07. The maximum Gasteiger partial charge on any atom is 0.271 e. The normalized spacial score (nSPS) is 18.1. The molecule has 4 rings (SSSR count). The van der Waals surface area contributed by atoms with Crippen LogP contribution in [0.25, 0.3) is 10.8 Å². The number of carbonyl (C=O) groups excluding carboxylic acids is 1. The van der Waals surface area contributed by atoms with Crippen molar-refractivity contribution >= 4 is 28.6 Å². The first kappa shape index (κ1) is 19.2. The molecule has 1 aliphatic rings. The summed E-state index contributed by atoms with van der Waals surface area (Å²) in [6.45, 7) is 6.84. The lowest BCUT2D eigenvalue weighted by Gasteiger charge is -2.45. The van der Waals surface area contributed by atoms with Gasteiger partial charge < -0.3 is 4.90 Å². The highest BCUT2D eigenvalue weighted by Gasteiger charge is 2.33. The van der Waals surface area contributed by atoms with E-state index in [9.17, 15) is 4.79 Å². The monoisotopic (exact) mass is 385 g/mol. The Bertz CT molecular complexity index is 1090. The second-order valence-electron chi connectivity index (χ2n) is 8.52. The van der Waals surface area contributed by atoms with Gasteiger partial charge in [0.15, 0.2) is 0 Å². The van der Waals surface area contributed by atoms with E-state index < -0.39 is 0 Å². The molecule has 29 heavy (non-hydrogen) atoms. The van der Waals surface area contributed by atoms with Crippen LogP contribution in [0.2, 0.25) is 0 Å². The molecule has 0 aliphatic carbocycles. The van der Waals surface area contributed by atoms with E-state index in [1.54, 1.807) is 6.21 Å². The number of hydrazone groups is 1. The molecular weight excluding hydrogens is 358 g/mol. The maximum absolute atomic E-state index is 12.6. The second-order valence-corrected chi connectivity index (χ2v) is 8.52. The van der Waals surface area contributed by atoms with Crippen LogP contribution in [-0.2, 0) is 0 Å². The summed E-state index contributed by atoms with van der Waals surface area (Å²) >= 11 is 0. The maximum atomic E-state index is 12.6. The number of anilines is 1. The Morgan fingerprint density at radius 1 is 1.14 bits per heavy atom. The van der Waals surface area contributed by atoms with Gasteiger partial charge in [-0.3, -0.25) is 4.79 Å². The van der Waals surface area contributed by atoms with Crippen molar-refractivity contribution in [1.29, 1.82) is 0 Å². The summed E-state index contributed by atoms with van der Waals surface area (Å²) in [4.78, 5) is 15.0. The van der Waals surface area contributed by atoms with Gasteiger partial charge in [-0.25, -0.2) is 5.43 Å². The lowest BCUT2D eigenvalue weighted by molar-refractivity contribution is 0.0957. The van der Waals surface area contributed by atoms with Crippen LogP contribution in [0.4, 0.5) is 5.69 Å². The molecule has 1 aliphatic heterocycles. The van der Waals surface area contributed by atoms with Crippen LogP contribution in [0.3, 0.4) is 0 Å². The fourth-order valence-corrected chi connectivity index (χ4v) is 4.32. The molecule has 1 atom stereocenters. The molecule has 0 aromatic heterocycles. The Kier molecular flexibility index (Phi) is 4.87. The Morgan fingerprint density at radius 3 is 2.72 bits per heavy atom. The Hall–Kier alpha value is -3.14. The molecular formula is C25H27N3O. The van der Waals surface area contributed by atoms with Crippen molar-refractivity contribution in [1.82, 2.24) is 5.43 Å². The molecule has 0 fully saturated rings. The van der Waals surface area contributed by atoms with Crippen LogP contribution in [-0.4, -0.2) is 24.7 Å². The van der Waals surface area contributed by atoms with Crippen molar-refractivity contribution in [2.75, 3.05) is 11.9 Å². The number of hydrogen-bond acceptors (Lipinski definition) is 3. The molecule has 4 nitrogen and oxygen atoms in total. The van der Waals surface area contributed by atoms with Gasteiger partial charge >= 0.3 is 0 Å². The van der Waals surface area contributed by atoms with Crippen molar-refractivity contribution in [3.8, 4) is 0 Å². The van der Waals surface area contributed by atoms with Crippen LogP contribution < -0.4 is 10.3 Å². The van der Waals surface area contributed by atoms with Gasteiger partial charge in [-0.1, -0.05) is 49.4 Å². The molecule has 0 saturated carbocycles. The molecule has 0 bridgehead atoms. The molecule has 0 saturated heterocycles. The van der Waals surface area contributed by atoms with Crippen LogP contribution in [0, 0.1) is 0 Å². The second kappa shape index (κ2) is 7.36. The fourth-order valence-electron chi connectivity index (χ4n) is 4.32. The number of carbonyl (C=O) groups is 1. The van der Waals surface area contributed by atoms with Gasteiger partial charge in [0.05, 0.1) is 6.21 Å². The van der Waals surface area contributed by atoms with E-state index in [2.05, 4.69) is 61.4 Å². The highest BCUT2D eigenvalue weighted by Crippen LogP contribution is 2.42. The van der Waals surface area contributed by atoms with E-state index in [1.165, 1.54) is 11.3 Å². The summed E-state index contributed by atoms with van der Waals surface area (Å²) in [5, 5.41) is 6.18. The molecule has 1 N–H and O–H groups in total. The Balaban J connectivity index is 1.53. The topological polar surface area (TPSA) is 44.7 Å². The van der Waals surface area contributed by atoms with Crippen molar-refractivity contribution in [3.05, 3.63) is 77.4 Å². The average molecular weight is 386 g/mol. The molecule has 3 aromatic rings. The average Bonchev–Trinajstić information content (AvgIpc) is 2.71. The highest BCUT2D eigenvalue weighted by molar-refractivity contribution is 6.07. The standard InChI is InChI=1S/C25H27N3O/c1-17-15-25(2,3)28(4)23-13-12-18(14-22(17)23)16-26-27-24(29)21-11-7-9-19-8-5-6-10-20(19)21/h5-14,16-17H,15H2,1-4H3,(H,27,29)/b26-16+. The minimum Gasteiger partial charge on any atom is -0.369 e. The fraction of sp³-hybridized carbons (Fsp3) is 0.280. The van der Waals surface area contributed by atoms with E-state index in [1.807, 2.05) is 42.5 Å². The van der Waals surface area contributed by atoms with E-state index in [-0.39, 0.29) is 11.4 Å². The Labute approximate surface area is 172 Å². The molecule has 148 valence electrons. The SMILES string of the molecule is CC1CC(C)(C)N(C)c2ccc(/C=N/NC(=O)c3cccc4ccccc34)cc21. The van der Waals surface area contributed by atoms with Crippen molar-refractivity contribution in [3.63, 3.8) is 0 Å². The van der Waals surface area contributed by atoms with E-state index in [0.717, 1.165) is 22.8 Å². The van der Waals surface area contributed by atoms with E-state index in [4.69, 9.17) is 0 Å². The highest BCUT2D eigenvalue weighted by atomic mass is 16.2. The van der Waals surface area contributed by atoms with Gasteiger partial charge in [-0.05, 0) is 66.3 Å². The summed E-state index contributed by atoms with van der Waals surface area (Å²) in [6.07, 6.45) is 2.82. The number of fused-ring (bicyclic) bond motifs is 2. The van der Waals surface area contributed by atoms with Crippen molar-refractivity contribution in [2.24, 2.45) is 5.10 Å². The van der Waals surface area contributed by atoms with Gasteiger partial charge in [0.2, 0.25) is 0 Å². The van der Waals surface area contributed by atoms with Crippen LogP contribution >= 0.6 is 0 Å². The minimum atomic E-state index is -0.203. The van der Waals surface area contributed by atoms with Crippen molar-refractivity contribution < 1.29 is 4.79 Å². The molecule has 0 radical (unpaired) electrons. The summed E-state index contributed by atoms with van der Waals surface area (Å²) in [5.74, 6) is 0.278. The number of hydrogen-bond donors (Lipinski definition) is 1. The largest absolute Gasteiger partial charge is 0.369 e. The summed E-state index contributed by atoms with van der Waals surface area (Å²) in [5.41, 5.74) is 7.03. The Morgan fingerprint density at radius 2 is 1.90 bits per heavy atom. The first-order valence-electron chi connectivity index (χ1n) is 10.1. The molecule has 1 heterocycles. The molecule has 4 heteroatoms. The predicted octanol–water partition coefficient (Wildman–Crippen LogP) is 5.33. The van der Waals surface area contributed by atoms with Gasteiger partial charge in [-0.2, -0.15) is 5.10 Å². The van der Waals surface area contributed by atoms with Crippen LogP contribution in [0.5, 0.6) is 0 Å². The first-order chi connectivity index (χ1) is 13.9. The quantitative estimate of drug-likeness (QED) is 0.489. The summed E-state index contributed by atoms with van der Waals surface area (Å²) in [6, 6.07) is 20.0. The number of nitrogens with one attached hydrogen (secondary N) is 1. The lowest BCUT2D eigenvalue weighted by atomic mass is 9.80. The number of rotatable bonds is 3. The van der Waals surface area contributed by atoms with E-state index >= 15 is 0 Å². The van der Waals surface area contributed by atoms with Gasteiger partial charge in [-0.15, -0.1) is 0 Å². The summed E-state index contributed by atoms with van der Waals surface area (Å²) in [7, 11) is 2.16. The van der Waals surface area contributed by atoms with Crippen LogP contribution in [0.1, 0.15) is 54.6 Å².